The Hall–Kier alpha value is -1.08. The lowest BCUT2D eigenvalue weighted by molar-refractivity contribution is -0.130. The highest BCUT2D eigenvalue weighted by atomic mass is 16.2. The Bertz CT molecular complexity index is 276. The Kier molecular flexibility index (Phi) is 4.75. The minimum Gasteiger partial charge on any atom is -0.343 e. The largest absolute Gasteiger partial charge is 0.343 e. The highest BCUT2D eigenvalue weighted by Gasteiger charge is 2.24. The predicted octanol–water partition coefficient (Wildman–Crippen LogP) is 1.09. The molecule has 0 aliphatic carbocycles. The van der Waals surface area contributed by atoms with Crippen molar-refractivity contribution < 1.29 is 4.79 Å². The van der Waals surface area contributed by atoms with E-state index >= 15 is 0 Å². The van der Waals surface area contributed by atoms with Gasteiger partial charge in [0.05, 0.1) is 12.0 Å². The first-order valence-electron chi connectivity index (χ1n) is 5.90. The minimum absolute atomic E-state index is 0.0795. The molecule has 90 valence electrons. The topological polar surface area (TPSA) is 47.3 Å². The van der Waals surface area contributed by atoms with E-state index in [2.05, 4.69) is 18.0 Å². The molecule has 1 unspecified atom stereocenters. The fourth-order valence-electron chi connectivity index (χ4n) is 2.24. The van der Waals surface area contributed by atoms with E-state index in [1.807, 2.05) is 11.8 Å². The van der Waals surface area contributed by atoms with Gasteiger partial charge in [-0.25, -0.2) is 0 Å². The van der Waals surface area contributed by atoms with Gasteiger partial charge in [-0.05, 0) is 26.8 Å². The fourth-order valence-corrected chi connectivity index (χ4v) is 2.24. The van der Waals surface area contributed by atoms with Crippen molar-refractivity contribution >= 4 is 5.91 Å². The Balaban J connectivity index is 2.36. The molecule has 0 aromatic heterocycles. The second-order valence-electron chi connectivity index (χ2n) is 4.71. The lowest BCUT2D eigenvalue weighted by Gasteiger charge is -2.36. The van der Waals surface area contributed by atoms with E-state index in [-0.39, 0.29) is 11.8 Å². The second kappa shape index (κ2) is 5.86. The Morgan fingerprint density at radius 1 is 1.56 bits per heavy atom. The molecule has 0 aromatic rings. The lowest BCUT2D eigenvalue weighted by Crippen LogP contribution is -2.45. The van der Waals surface area contributed by atoms with Gasteiger partial charge in [-0.2, -0.15) is 5.26 Å². The zero-order valence-electron chi connectivity index (χ0n) is 10.4. The monoisotopic (exact) mass is 223 g/mol. The number of nitriles is 1. The molecule has 1 aliphatic heterocycles. The SMILES string of the molecule is CC(=O)N1CCC(N(C)CC(C)C#N)CC1. The van der Waals surface area contributed by atoms with Crippen molar-refractivity contribution in [2.24, 2.45) is 5.92 Å². The van der Waals surface area contributed by atoms with Gasteiger partial charge in [0.25, 0.3) is 0 Å². The molecule has 1 atom stereocenters. The average molecular weight is 223 g/mol. The standard InChI is InChI=1S/C12H21N3O/c1-10(8-13)9-14(3)12-4-6-15(7-5-12)11(2)16/h10,12H,4-7,9H2,1-3H3. The summed E-state index contributed by atoms with van der Waals surface area (Å²) in [5.74, 6) is 0.252. The van der Waals surface area contributed by atoms with Crippen molar-refractivity contribution in [2.45, 2.75) is 32.7 Å². The van der Waals surface area contributed by atoms with Crippen molar-refractivity contribution in [3.8, 4) is 6.07 Å². The average Bonchev–Trinajstić information content (AvgIpc) is 2.28. The molecule has 0 N–H and O–H groups in total. The normalized spacial score (nSPS) is 19.6. The zero-order valence-corrected chi connectivity index (χ0v) is 10.4. The van der Waals surface area contributed by atoms with Crippen LogP contribution in [0.1, 0.15) is 26.7 Å². The van der Waals surface area contributed by atoms with Crippen LogP contribution in [0.25, 0.3) is 0 Å². The van der Waals surface area contributed by atoms with Gasteiger partial charge in [-0.3, -0.25) is 4.79 Å². The molecule has 0 bridgehead atoms. The number of likely N-dealkylation sites (tertiary alicyclic amines) is 1. The third-order valence-corrected chi connectivity index (χ3v) is 3.32. The molecule has 0 radical (unpaired) electrons. The molecule has 1 saturated heterocycles. The molecule has 0 spiro atoms. The number of rotatable bonds is 3. The summed E-state index contributed by atoms with van der Waals surface area (Å²) in [4.78, 5) is 15.3. The van der Waals surface area contributed by atoms with Crippen LogP contribution < -0.4 is 0 Å². The Labute approximate surface area is 97.8 Å². The highest BCUT2D eigenvalue weighted by molar-refractivity contribution is 5.73. The van der Waals surface area contributed by atoms with Crippen molar-refractivity contribution in [2.75, 3.05) is 26.7 Å². The van der Waals surface area contributed by atoms with Gasteiger partial charge in [-0.1, -0.05) is 0 Å². The van der Waals surface area contributed by atoms with Crippen LogP contribution >= 0.6 is 0 Å². The molecule has 4 nitrogen and oxygen atoms in total. The molecule has 16 heavy (non-hydrogen) atoms. The van der Waals surface area contributed by atoms with Crippen LogP contribution in [-0.2, 0) is 4.79 Å². The smallest absolute Gasteiger partial charge is 0.219 e. The Morgan fingerprint density at radius 2 is 2.12 bits per heavy atom. The first kappa shape index (κ1) is 13.0. The van der Waals surface area contributed by atoms with E-state index in [1.165, 1.54) is 0 Å². The van der Waals surface area contributed by atoms with Gasteiger partial charge < -0.3 is 9.80 Å². The summed E-state index contributed by atoms with van der Waals surface area (Å²) in [7, 11) is 2.07. The number of piperidine rings is 1. The molecule has 1 fully saturated rings. The quantitative estimate of drug-likeness (QED) is 0.719. The predicted molar refractivity (Wildman–Crippen MR) is 62.7 cm³/mol. The van der Waals surface area contributed by atoms with Crippen LogP contribution in [0.2, 0.25) is 0 Å². The summed E-state index contributed by atoms with van der Waals surface area (Å²) in [6, 6.07) is 2.78. The number of carbonyl (C=O) groups is 1. The third kappa shape index (κ3) is 3.49. The maximum Gasteiger partial charge on any atom is 0.219 e. The highest BCUT2D eigenvalue weighted by Crippen LogP contribution is 2.16. The molecule has 0 aromatic carbocycles. The summed E-state index contributed by atoms with van der Waals surface area (Å²) in [5.41, 5.74) is 0. The van der Waals surface area contributed by atoms with E-state index in [0.29, 0.717) is 6.04 Å². The van der Waals surface area contributed by atoms with Crippen LogP contribution in [0, 0.1) is 17.2 Å². The van der Waals surface area contributed by atoms with Crippen molar-refractivity contribution in [3.63, 3.8) is 0 Å². The second-order valence-corrected chi connectivity index (χ2v) is 4.71. The molecular formula is C12H21N3O. The summed E-state index contributed by atoms with van der Waals surface area (Å²) in [6.45, 7) is 6.10. The number of hydrogen-bond donors (Lipinski definition) is 0. The van der Waals surface area contributed by atoms with Gasteiger partial charge in [-0.15, -0.1) is 0 Å². The minimum atomic E-state index is 0.0795. The molecular weight excluding hydrogens is 202 g/mol. The summed E-state index contributed by atoms with van der Waals surface area (Å²) in [5, 5.41) is 8.77. The van der Waals surface area contributed by atoms with E-state index < -0.39 is 0 Å². The van der Waals surface area contributed by atoms with E-state index in [1.54, 1.807) is 6.92 Å². The molecule has 1 heterocycles. The number of nitrogens with zero attached hydrogens (tertiary/aromatic N) is 3. The number of carbonyl (C=O) groups excluding carboxylic acids is 1. The van der Waals surface area contributed by atoms with Crippen LogP contribution in [0.15, 0.2) is 0 Å². The first-order chi connectivity index (χ1) is 7.54. The van der Waals surface area contributed by atoms with Gasteiger partial charge in [0.2, 0.25) is 5.91 Å². The summed E-state index contributed by atoms with van der Waals surface area (Å²) < 4.78 is 0. The number of amides is 1. The van der Waals surface area contributed by atoms with Crippen LogP contribution in [0.5, 0.6) is 0 Å². The van der Waals surface area contributed by atoms with Gasteiger partial charge >= 0.3 is 0 Å². The van der Waals surface area contributed by atoms with Crippen molar-refractivity contribution in [1.29, 1.82) is 5.26 Å². The molecule has 1 amide bonds. The maximum absolute atomic E-state index is 11.2. The van der Waals surface area contributed by atoms with Crippen LogP contribution in [-0.4, -0.2) is 48.4 Å². The van der Waals surface area contributed by atoms with Gasteiger partial charge in [0.1, 0.15) is 0 Å². The van der Waals surface area contributed by atoms with Crippen LogP contribution in [0.4, 0.5) is 0 Å². The fraction of sp³-hybridized carbons (Fsp3) is 0.833. The van der Waals surface area contributed by atoms with E-state index in [4.69, 9.17) is 5.26 Å². The number of hydrogen-bond acceptors (Lipinski definition) is 3. The Morgan fingerprint density at radius 3 is 2.56 bits per heavy atom. The van der Waals surface area contributed by atoms with E-state index in [9.17, 15) is 4.79 Å². The molecule has 1 aliphatic rings. The molecule has 4 heteroatoms. The lowest BCUT2D eigenvalue weighted by atomic mass is 10.0. The van der Waals surface area contributed by atoms with Crippen molar-refractivity contribution in [3.05, 3.63) is 0 Å². The zero-order chi connectivity index (χ0) is 12.1. The van der Waals surface area contributed by atoms with Crippen molar-refractivity contribution in [1.82, 2.24) is 9.80 Å². The van der Waals surface area contributed by atoms with Crippen LogP contribution in [0.3, 0.4) is 0 Å². The molecule has 0 saturated carbocycles. The van der Waals surface area contributed by atoms with Gasteiger partial charge in [0, 0.05) is 32.6 Å². The first-order valence-corrected chi connectivity index (χ1v) is 5.90. The van der Waals surface area contributed by atoms with E-state index in [0.717, 1.165) is 32.5 Å². The van der Waals surface area contributed by atoms with Gasteiger partial charge in [0.15, 0.2) is 0 Å². The molecule has 1 rings (SSSR count). The maximum atomic E-state index is 11.2. The summed E-state index contributed by atoms with van der Waals surface area (Å²) >= 11 is 0. The summed E-state index contributed by atoms with van der Waals surface area (Å²) in [6.07, 6.45) is 2.04. The third-order valence-electron chi connectivity index (χ3n) is 3.32.